The molecule has 2 amide bonds. The van der Waals surface area contributed by atoms with Crippen LogP contribution in [0.4, 0.5) is 4.79 Å². The number of carbonyl (C=O) groups is 1. The molecule has 0 atom stereocenters. The van der Waals surface area contributed by atoms with Crippen molar-refractivity contribution in [3.8, 4) is 11.3 Å². The molecule has 0 radical (unpaired) electrons. The Labute approximate surface area is 166 Å². The molecule has 0 aliphatic rings. The molecule has 2 N–H and O–H groups in total. The van der Waals surface area contributed by atoms with Crippen LogP contribution in [0.2, 0.25) is 5.02 Å². The number of hydrogen-bond acceptors (Lipinski definition) is 4. The molecule has 3 aromatic rings. The van der Waals surface area contributed by atoms with E-state index in [1.807, 2.05) is 60.0 Å². The number of rotatable bonds is 7. The number of thiazole rings is 1. The van der Waals surface area contributed by atoms with Crippen molar-refractivity contribution in [2.24, 2.45) is 0 Å². The smallest absolute Gasteiger partial charge is 0.315 e. The molecule has 0 aliphatic carbocycles. The van der Waals surface area contributed by atoms with E-state index in [9.17, 15) is 4.79 Å². The minimum Gasteiger partial charge on any atom is -0.337 e. The summed E-state index contributed by atoms with van der Waals surface area (Å²) in [7, 11) is 0. The Bertz CT molecular complexity index is 838. The number of hydrogen-bond donors (Lipinski definition) is 2. The van der Waals surface area contributed by atoms with Crippen LogP contribution in [0, 0.1) is 0 Å². The largest absolute Gasteiger partial charge is 0.337 e. The van der Waals surface area contributed by atoms with Gasteiger partial charge >= 0.3 is 6.03 Å². The van der Waals surface area contributed by atoms with Crippen molar-refractivity contribution in [1.29, 1.82) is 0 Å². The molecule has 0 aliphatic heterocycles. The molecule has 3 rings (SSSR count). The topological polar surface area (TPSA) is 54.0 Å². The van der Waals surface area contributed by atoms with Crippen molar-refractivity contribution in [1.82, 2.24) is 15.6 Å². The van der Waals surface area contributed by atoms with Crippen LogP contribution in [-0.4, -0.2) is 23.3 Å². The number of urea groups is 1. The standard InChI is InChI=1S/C19H18ClN3OS2/c20-15-6-8-16(9-7-15)25-11-10-21-19(24)22-12-18-23-17(13-26-18)14-4-2-1-3-5-14/h1-9,13H,10-12H2,(H2,21,22,24). The number of carbonyl (C=O) groups excluding carboxylic acids is 1. The van der Waals surface area contributed by atoms with Gasteiger partial charge < -0.3 is 10.6 Å². The molecule has 0 unspecified atom stereocenters. The van der Waals surface area contributed by atoms with E-state index in [1.165, 1.54) is 0 Å². The van der Waals surface area contributed by atoms with E-state index in [1.54, 1.807) is 23.1 Å². The van der Waals surface area contributed by atoms with Crippen molar-refractivity contribution in [3.63, 3.8) is 0 Å². The highest BCUT2D eigenvalue weighted by molar-refractivity contribution is 7.99. The fourth-order valence-corrected chi connectivity index (χ4v) is 3.85. The van der Waals surface area contributed by atoms with E-state index in [2.05, 4.69) is 15.6 Å². The molecule has 7 heteroatoms. The Hall–Kier alpha value is -2.02. The zero-order valence-electron chi connectivity index (χ0n) is 13.9. The SMILES string of the molecule is O=C(NCCSc1ccc(Cl)cc1)NCc1nc(-c2ccccc2)cs1. The molecule has 4 nitrogen and oxygen atoms in total. The van der Waals surface area contributed by atoms with Crippen LogP contribution < -0.4 is 10.6 Å². The maximum absolute atomic E-state index is 11.9. The Morgan fingerprint density at radius 1 is 1.08 bits per heavy atom. The first kappa shape index (κ1) is 18.8. The van der Waals surface area contributed by atoms with Crippen molar-refractivity contribution in [3.05, 3.63) is 70.0 Å². The van der Waals surface area contributed by atoms with E-state index >= 15 is 0 Å². The molecule has 1 aromatic heterocycles. The third-order valence-electron chi connectivity index (χ3n) is 3.49. The molecule has 2 aromatic carbocycles. The summed E-state index contributed by atoms with van der Waals surface area (Å²) in [6.45, 7) is 1.01. The molecule has 0 saturated heterocycles. The van der Waals surface area contributed by atoms with Gasteiger partial charge in [-0.3, -0.25) is 0 Å². The Morgan fingerprint density at radius 3 is 2.62 bits per heavy atom. The van der Waals surface area contributed by atoms with Gasteiger partial charge in [-0.2, -0.15) is 0 Å². The third kappa shape index (κ3) is 5.76. The summed E-state index contributed by atoms with van der Waals surface area (Å²) in [5.74, 6) is 0.796. The maximum Gasteiger partial charge on any atom is 0.315 e. The van der Waals surface area contributed by atoms with Crippen molar-refractivity contribution in [2.45, 2.75) is 11.4 Å². The van der Waals surface area contributed by atoms with Crippen LogP contribution in [0.3, 0.4) is 0 Å². The van der Waals surface area contributed by atoms with E-state index in [0.29, 0.717) is 13.1 Å². The highest BCUT2D eigenvalue weighted by atomic mass is 35.5. The van der Waals surface area contributed by atoms with Gasteiger partial charge in [-0.25, -0.2) is 9.78 Å². The predicted molar refractivity (Wildman–Crippen MR) is 110 cm³/mol. The summed E-state index contributed by atoms with van der Waals surface area (Å²) in [6.07, 6.45) is 0. The lowest BCUT2D eigenvalue weighted by atomic mass is 10.2. The van der Waals surface area contributed by atoms with Gasteiger partial charge in [0.1, 0.15) is 5.01 Å². The number of benzene rings is 2. The van der Waals surface area contributed by atoms with Gasteiger partial charge in [0.05, 0.1) is 12.2 Å². The van der Waals surface area contributed by atoms with E-state index in [0.717, 1.165) is 31.9 Å². The molecular weight excluding hydrogens is 386 g/mol. The summed E-state index contributed by atoms with van der Waals surface area (Å²) in [5.41, 5.74) is 2.02. The number of halogens is 1. The van der Waals surface area contributed by atoms with E-state index in [-0.39, 0.29) is 6.03 Å². The van der Waals surface area contributed by atoms with Crippen LogP contribution in [0.25, 0.3) is 11.3 Å². The minimum atomic E-state index is -0.182. The van der Waals surface area contributed by atoms with Crippen LogP contribution in [-0.2, 0) is 6.54 Å². The van der Waals surface area contributed by atoms with Gasteiger partial charge in [0.2, 0.25) is 0 Å². The van der Waals surface area contributed by atoms with Gasteiger partial charge in [-0.15, -0.1) is 23.1 Å². The van der Waals surface area contributed by atoms with Crippen LogP contribution in [0.1, 0.15) is 5.01 Å². The van der Waals surface area contributed by atoms with E-state index in [4.69, 9.17) is 11.6 Å². The lowest BCUT2D eigenvalue weighted by Gasteiger charge is -2.06. The van der Waals surface area contributed by atoms with Crippen LogP contribution in [0.5, 0.6) is 0 Å². The second-order valence-corrected chi connectivity index (χ2v) is 7.95. The van der Waals surface area contributed by atoms with Crippen molar-refractivity contribution < 1.29 is 4.79 Å². The number of amides is 2. The number of aromatic nitrogens is 1. The minimum absolute atomic E-state index is 0.182. The molecule has 0 fully saturated rings. The maximum atomic E-state index is 11.9. The first-order valence-electron chi connectivity index (χ1n) is 8.10. The summed E-state index contributed by atoms with van der Waals surface area (Å²) in [4.78, 5) is 17.6. The summed E-state index contributed by atoms with van der Waals surface area (Å²) >= 11 is 9.08. The second kappa shape index (κ2) is 9.62. The van der Waals surface area contributed by atoms with Crippen molar-refractivity contribution in [2.75, 3.05) is 12.3 Å². The van der Waals surface area contributed by atoms with E-state index < -0.39 is 0 Å². The third-order valence-corrected chi connectivity index (χ3v) is 5.61. The monoisotopic (exact) mass is 403 g/mol. The first-order chi connectivity index (χ1) is 12.7. The quantitative estimate of drug-likeness (QED) is 0.428. The summed E-state index contributed by atoms with van der Waals surface area (Å²) < 4.78 is 0. The average molecular weight is 404 g/mol. The van der Waals surface area contributed by atoms with Crippen LogP contribution >= 0.6 is 34.7 Å². The second-order valence-electron chi connectivity index (χ2n) is 5.40. The van der Waals surface area contributed by atoms with Gasteiger partial charge in [0.25, 0.3) is 0 Å². The fourth-order valence-electron chi connectivity index (χ4n) is 2.22. The highest BCUT2D eigenvalue weighted by Crippen LogP contribution is 2.21. The summed E-state index contributed by atoms with van der Waals surface area (Å²) in [6, 6.07) is 17.5. The lowest BCUT2D eigenvalue weighted by molar-refractivity contribution is 0.241. The molecule has 0 bridgehead atoms. The van der Waals surface area contributed by atoms with Crippen molar-refractivity contribution >= 4 is 40.7 Å². The molecule has 0 saturated carbocycles. The Kier molecular flexibility index (Phi) is 6.94. The number of thioether (sulfide) groups is 1. The Balaban J connectivity index is 1.36. The lowest BCUT2D eigenvalue weighted by Crippen LogP contribution is -2.36. The average Bonchev–Trinajstić information content (AvgIpc) is 3.15. The fraction of sp³-hybridized carbons (Fsp3) is 0.158. The number of nitrogens with one attached hydrogen (secondary N) is 2. The molecular formula is C19H18ClN3OS2. The van der Waals surface area contributed by atoms with Crippen LogP contribution in [0.15, 0.2) is 64.9 Å². The Morgan fingerprint density at radius 2 is 1.85 bits per heavy atom. The number of nitrogens with zero attached hydrogens (tertiary/aromatic N) is 1. The summed E-state index contributed by atoms with van der Waals surface area (Å²) in [5, 5.41) is 9.31. The van der Waals surface area contributed by atoms with Gasteiger partial charge in [0, 0.05) is 33.2 Å². The predicted octanol–water partition coefficient (Wildman–Crippen LogP) is 5.06. The molecule has 134 valence electrons. The van der Waals surface area contributed by atoms with Gasteiger partial charge in [-0.05, 0) is 24.3 Å². The van der Waals surface area contributed by atoms with Gasteiger partial charge in [-0.1, -0.05) is 41.9 Å². The van der Waals surface area contributed by atoms with Gasteiger partial charge in [0.15, 0.2) is 0 Å². The molecule has 1 heterocycles. The normalized spacial score (nSPS) is 10.5. The highest BCUT2D eigenvalue weighted by Gasteiger charge is 2.06. The molecule has 0 spiro atoms. The molecule has 26 heavy (non-hydrogen) atoms. The zero-order chi connectivity index (χ0) is 18.2. The first-order valence-corrected chi connectivity index (χ1v) is 10.3. The zero-order valence-corrected chi connectivity index (χ0v) is 16.3.